The van der Waals surface area contributed by atoms with Gasteiger partial charge in [-0.05, 0) is 44.4 Å². The number of aryl methyl sites for hydroxylation is 1. The molecule has 1 saturated carbocycles. The number of nitrogens with zero attached hydrogens (tertiary/aromatic N) is 7. The normalized spacial score (nSPS) is 13.2. The number of ether oxygens (including phenoxy) is 1. The minimum absolute atomic E-state index is 0.00272. The van der Waals surface area contributed by atoms with Gasteiger partial charge in [0, 0.05) is 37.1 Å². The van der Waals surface area contributed by atoms with E-state index in [-0.39, 0.29) is 41.1 Å². The van der Waals surface area contributed by atoms with Crippen LogP contribution in [0.25, 0.3) is 11.0 Å². The molecule has 14 nitrogen and oxygen atoms in total. The third-order valence-electron chi connectivity index (χ3n) is 7.33. The predicted molar refractivity (Wildman–Crippen MR) is 154 cm³/mol. The summed E-state index contributed by atoms with van der Waals surface area (Å²) in [6, 6.07) is 3.78. The van der Waals surface area contributed by atoms with Crippen LogP contribution in [0.3, 0.4) is 0 Å². The molecular formula is C28H31N9O5. The maximum absolute atomic E-state index is 13.4. The summed E-state index contributed by atoms with van der Waals surface area (Å²) in [5.74, 6) is -0.143. The van der Waals surface area contributed by atoms with Gasteiger partial charge in [0.05, 0.1) is 29.6 Å². The molecule has 1 amide bonds. The van der Waals surface area contributed by atoms with Crippen molar-refractivity contribution in [3.63, 3.8) is 0 Å². The average molecular weight is 574 g/mol. The molecule has 0 aromatic carbocycles. The Bertz CT molecular complexity index is 1670. The summed E-state index contributed by atoms with van der Waals surface area (Å²) < 4.78 is 7.22. The van der Waals surface area contributed by atoms with E-state index in [2.05, 4.69) is 25.3 Å². The molecule has 4 heterocycles. The summed E-state index contributed by atoms with van der Waals surface area (Å²) >= 11 is 0. The summed E-state index contributed by atoms with van der Waals surface area (Å²) in [6.45, 7) is 3.96. The number of amides is 1. The lowest BCUT2D eigenvalue weighted by atomic mass is 10.0. The summed E-state index contributed by atoms with van der Waals surface area (Å²) in [5.41, 5.74) is 3.47. The van der Waals surface area contributed by atoms with Crippen LogP contribution in [0.1, 0.15) is 64.9 Å². The first-order chi connectivity index (χ1) is 20.3. The number of anilines is 3. The van der Waals surface area contributed by atoms with E-state index < -0.39 is 5.91 Å². The van der Waals surface area contributed by atoms with Crippen LogP contribution in [0.15, 0.2) is 41.7 Å². The molecule has 4 aromatic heterocycles. The van der Waals surface area contributed by atoms with Crippen LogP contribution in [0.5, 0.6) is 6.01 Å². The second-order valence-corrected chi connectivity index (χ2v) is 10.1. The zero-order valence-electron chi connectivity index (χ0n) is 23.5. The van der Waals surface area contributed by atoms with E-state index in [1.807, 2.05) is 18.0 Å². The second kappa shape index (κ2) is 12.3. The van der Waals surface area contributed by atoms with E-state index in [4.69, 9.17) is 14.9 Å². The fraction of sp³-hybridized carbons (Fsp3) is 0.357. The summed E-state index contributed by atoms with van der Waals surface area (Å²) in [6.07, 6.45) is 9.65. The molecule has 0 saturated heterocycles. The van der Waals surface area contributed by atoms with Gasteiger partial charge < -0.3 is 15.0 Å². The van der Waals surface area contributed by atoms with Crippen molar-refractivity contribution in [2.75, 3.05) is 30.4 Å². The zero-order chi connectivity index (χ0) is 29.8. The highest BCUT2D eigenvalue weighted by atomic mass is 16.5. The van der Waals surface area contributed by atoms with Gasteiger partial charge in [0.2, 0.25) is 5.95 Å². The van der Waals surface area contributed by atoms with Gasteiger partial charge in [-0.2, -0.15) is 4.98 Å². The van der Waals surface area contributed by atoms with Gasteiger partial charge in [-0.25, -0.2) is 25.4 Å². The Hall–Kier alpha value is -4.98. The number of rotatable bonds is 10. The van der Waals surface area contributed by atoms with Crippen LogP contribution in [-0.4, -0.2) is 66.6 Å². The molecule has 14 heteroatoms. The Morgan fingerprint density at radius 1 is 1.10 bits per heavy atom. The lowest BCUT2D eigenvalue weighted by molar-refractivity contribution is 0.0705. The van der Waals surface area contributed by atoms with Gasteiger partial charge in [0.15, 0.2) is 5.78 Å². The van der Waals surface area contributed by atoms with E-state index >= 15 is 0 Å². The van der Waals surface area contributed by atoms with Crippen molar-refractivity contribution in [3.05, 3.63) is 64.0 Å². The number of carbonyl (C=O) groups excluding carboxylic acids is 2. The summed E-state index contributed by atoms with van der Waals surface area (Å²) in [5, 5.41) is 12.5. The molecule has 1 aliphatic carbocycles. The van der Waals surface area contributed by atoms with Gasteiger partial charge in [-0.15, -0.1) is 0 Å². The average Bonchev–Trinajstić information content (AvgIpc) is 3.52. The number of likely N-dealkylation sites (N-methyl/N-ethyl adjacent to an activating group) is 1. The quantitative estimate of drug-likeness (QED) is 0.144. The largest absolute Gasteiger partial charge is 0.462 e. The Morgan fingerprint density at radius 3 is 2.48 bits per heavy atom. The summed E-state index contributed by atoms with van der Waals surface area (Å²) in [7, 11) is 1.88. The van der Waals surface area contributed by atoms with Crippen molar-refractivity contribution in [3.8, 4) is 6.01 Å². The fourth-order valence-electron chi connectivity index (χ4n) is 5.08. The van der Waals surface area contributed by atoms with Gasteiger partial charge >= 0.3 is 6.01 Å². The van der Waals surface area contributed by atoms with Crippen molar-refractivity contribution in [1.82, 2.24) is 35.0 Å². The topological polar surface area (TPSA) is 177 Å². The van der Waals surface area contributed by atoms with Crippen molar-refractivity contribution in [2.24, 2.45) is 0 Å². The Balaban J connectivity index is 1.27. The Morgan fingerprint density at radius 2 is 1.83 bits per heavy atom. The molecule has 42 heavy (non-hydrogen) atoms. The highest BCUT2D eigenvalue weighted by Crippen LogP contribution is 2.32. The molecule has 0 spiro atoms. The smallest absolute Gasteiger partial charge is 0.316 e. The van der Waals surface area contributed by atoms with Crippen LogP contribution >= 0.6 is 0 Å². The monoisotopic (exact) mass is 573 g/mol. The molecule has 4 aromatic rings. The maximum atomic E-state index is 13.4. The SMILES string of the molecule is CC(=O)c1c(C)c2cnc(Nc3ccc(N(C)CCOc4ncc(C(=O)NO)cn4)cn3)nc2n(C2CCCC2)c1=O. The number of pyridine rings is 2. The van der Waals surface area contributed by atoms with Crippen molar-refractivity contribution in [2.45, 2.75) is 45.6 Å². The van der Waals surface area contributed by atoms with Crippen LogP contribution in [0, 0.1) is 6.92 Å². The third-order valence-corrected chi connectivity index (χ3v) is 7.33. The number of hydrogen-bond acceptors (Lipinski definition) is 12. The lowest BCUT2D eigenvalue weighted by Gasteiger charge is -2.20. The number of aromatic nitrogens is 6. The molecule has 0 aliphatic heterocycles. The van der Waals surface area contributed by atoms with Crippen LogP contribution < -0.4 is 26.0 Å². The fourth-order valence-corrected chi connectivity index (χ4v) is 5.08. The van der Waals surface area contributed by atoms with Crippen LogP contribution in [0.2, 0.25) is 0 Å². The van der Waals surface area contributed by atoms with E-state index in [1.165, 1.54) is 24.8 Å². The number of Topliss-reactive ketones (excluding diaryl/α,β-unsaturated/α-hetero) is 1. The Labute approximate surface area is 240 Å². The molecule has 0 unspecified atom stereocenters. The van der Waals surface area contributed by atoms with Gasteiger partial charge in [0.25, 0.3) is 11.5 Å². The first kappa shape index (κ1) is 28.5. The number of carbonyl (C=O) groups is 2. The van der Waals surface area contributed by atoms with Gasteiger partial charge in [0.1, 0.15) is 18.1 Å². The van der Waals surface area contributed by atoms with Gasteiger partial charge in [-0.1, -0.05) is 12.8 Å². The molecule has 0 bridgehead atoms. The molecular weight excluding hydrogens is 542 g/mol. The lowest BCUT2D eigenvalue weighted by Crippen LogP contribution is -2.30. The first-order valence-corrected chi connectivity index (χ1v) is 13.5. The van der Waals surface area contributed by atoms with E-state index in [9.17, 15) is 14.4 Å². The van der Waals surface area contributed by atoms with E-state index in [0.29, 0.717) is 34.9 Å². The number of nitrogens with one attached hydrogen (secondary N) is 2. The number of ketones is 1. The molecule has 218 valence electrons. The molecule has 1 fully saturated rings. The van der Waals surface area contributed by atoms with Crippen LogP contribution in [0.4, 0.5) is 17.5 Å². The highest BCUT2D eigenvalue weighted by Gasteiger charge is 2.26. The molecule has 0 radical (unpaired) electrons. The zero-order valence-corrected chi connectivity index (χ0v) is 23.5. The number of fused-ring (bicyclic) bond motifs is 1. The third kappa shape index (κ3) is 5.88. The van der Waals surface area contributed by atoms with Gasteiger partial charge in [-0.3, -0.25) is 24.2 Å². The molecule has 1 aliphatic rings. The maximum Gasteiger partial charge on any atom is 0.316 e. The second-order valence-electron chi connectivity index (χ2n) is 10.1. The van der Waals surface area contributed by atoms with E-state index in [1.54, 1.807) is 30.0 Å². The minimum atomic E-state index is -0.707. The van der Waals surface area contributed by atoms with E-state index in [0.717, 1.165) is 31.4 Å². The number of hydrogen-bond donors (Lipinski definition) is 3. The molecule has 5 rings (SSSR count). The molecule has 3 N–H and O–H groups in total. The molecule has 0 atom stereocenters. The number of hydroxylamine groups is 1. The van der Waals surface area contributed by atoms with Crippen molar-refractivity contribution < 1.29 is 19.5 Å². The standard InChI is InChI=1S/C28H31N9O5/c1-16-21-15-30-27(34-24(21)37(19-6-4-5-7-19)26(40)23(16)17(2)38)33-22-9-8-20(14-29-22)36(3)10-11-42-28-31-12-18(13-32-28)25(39)35-41/h8-9,12-15,19,41H,4-7,10-11H2,1-3H3,(H,35,39)(H,29,30,33,34). The summed E-state index contributed by atoms with van der Waals surface area (Å²) in [4.78, 5) is 60.6. The minimum Gasteiger partial charge on any atom is -0.462 e. The van der Waals surface area contributed by atoms with Crippen molar-refractivity contribution in [1.29, 1.82) is 0 Å². The first-order valence-electron chi connectivity index (χ1n) is 13.5. The van der Waals surface area contributed by atoms with Crippen molar-refractivity contribution >= 4 is 40.2 Å². The Kier molecular flexibility index (Phi) is 8.33. The highest BCUT2D eigenvalue weighted by molar-refractivity contribution is 5.99. The van der Waals surface area contributed by atoms with Crippen LogP contribution in [-0.2, 0) is 0 Å². The predicted octanol–water partition coefficient (Wildman–Crippen LogP) is 2.98.